The maximum Gasteiger partial charge on any atom is 0.267 e. The Labute approximate surface area is 155 Å². The lowest BCUT2D eigenvalue weighted by Crippen LogP contribution is -2.22. The minimum absolute atomic E-state index is 0.145. The molecule has 0 fully saturated rings. The fourth-order valence-electron chi connectivity index (χ4n) is 2.77. The highest BCUT2D eigenvalue weighted by Gasteiger charge is 2.13. The second-order valence-corrected chi connectivity index (χ2v) is 7.46. The molecule has 3 aromatic rings. The first kappa shape index (κ1) is 16.8. The van der Waals surface area contributed by atoms with Crippen LogP contribution in [0.25, 0.3) is 11.3 Å². The van der Waals surface area contributed by atoms with Crippen LogP contribution < -0.4 is 15.0 Å². The fraction of sp³-hybridized carbons (Fsp3) is 0.316. The van der Waals surface area contributed by atoms with Gasteiger partial charge in [0.25, 0.3) is 5.56 Å². The van der Waals surface area contributed by atoms with E-state index in [-0.39, 0.29) is 5.56 Å². The summed E-state index contributed by atoms with van der Waals surface area (Å²) in [5, 5.41) is 5.40. The molecule has 134 valence electrons. The summed E-state index contributed by atoms with van der Waals surface area (Å²) in [6.07, 6.45) is 0.861. The van der Waals surface area contributed by atoms with Gasteiger partial charge >= 0.3 is 0 Å². The van der Waals surface area contributed by atoms with Crippen molar-refractivity contribution in [1.82, 2.24) is 14.8 Å². The van der Waals surface area contributed by atoms with Gasteiger partial charge in [-0.1, -0.05) is 0 Å². The van der Waals surface area contributed by atoms with Crippen molar-refractivity contribution >= 4 is 11.3 Å². The normalized spacial score (nSPS) is 13.5. The van der Waals surface area contributed by atoms with E-state index in [4.69, 9.17) is 9.47 Å². The van der Waals surface area contributed by atoms with E-state index in [2.05, 4.69) is 10.1 Å². The number of nitrogens with zero attached hydrogens (tertiary/aromatic N) is 3. The van der Waals surface area contributed by atoms with Gasteiger partial charge in [0, 0.05) is 22.9 Å². The van der Waals surface area contributed by atoms with Crippen molar-refractivity contribution in [2.45, 2.75) is 26.8 Å². The summed E-state index contributed by atoms with van der Waals surface area (Å²) >= 11 is 1.59. The van der Waals surface area contributed by atoms with Crippen molar-refractivity contribution in [2.75, 3.05) is 13.2 Å². The lowest BCUT2D eigenvalue weighted by atomic mass is 10.1. The van der Waals surface area contributed by atoms with E-state index in [0.717, 1.165) is 33.3 Å². The Balaban J connectivity index is 1.67. The van der Waals surface area contributed by atoms with E-state index in [1.807, 2.05) is 32.0 Å². The summed E-state index contributed by atoms with van der Waals surface area (Å²) in [7, 11) is 0. The molecule has 2 aromatic heterocycles. The van der Waals surface area contributed by atoms with Crippen LogP contribution in [0.5, 0.6) is 11.5 Å². The SMILES string of the molecule is Cc1nc(Cn2nc(-c3ccc4c(c3)OCCCO4)ccc2=O)sc1C. The van der Waals surface area contributed by atoms with E-state index in [1.54, 1.807) is 23.5 Å². The van der Waals surface area contributed by atoms with Crippen LogP contribution in [0, 0.1) is 13.8 Å². The van der Waals surface area contributed by atoms with Gasteiger partial charge in [0.15, 0.2) is 11.5 Å². The van der Waals surface area contributed by atoms with Gasteiger partial charge in [0.05, 0.1) is 31.1 Å². The number of aromatic nitrogens is 3. The first-order chi connectivity index (χ1) is 12.6. The third-order valence-electron chi connectivity index (χ3n) is 4.27. The predicted octanol–water partition coefficient (Wildman–Crippen LogP) is 3.19. The molecular weight excluding hydrogens is 350 g/mol. The van der Waals surface area contributed by atoms with Gasteiger partial charge in [-0.3, -0.25) is 4.79 Å². The second-order valence-electron chi connectivity index (χ2n) is 6.18. The number of aryl methyl sites for hydroxylation is 2. The first-order valence-electron chi connectivity index (χ1n) is 8.51. The molecule has 1 aliphatic rings. The quantitative estimate of drug-likeness (QED) is 0.709. The molecular formula is C19H19N3O3S. The molecule has 0 N–H and O–H groups in total. The van der Waals surface area contributed by atoms with Crippen molar-refractivity contribution < 1.29 is 9.47 Å². The Kier molecular flexibility index (Phi) is 4.46. The Morgan fingerprint density at radius 3 is 2.69 bits per heavy atom. The van der Waals surface area contributed by atoms with Crippen LogP contribution in [0.2, 0.25) is 0 Å². The molecule has 6 nitrogen and oxygen atoms in total. The van der Waals surface area contributed by atoms with Crippen molar-refractivity contribution in [2.24, 2.45) is 0 Å². The minimum atomic E-state index is -0.145. The average Bonchev–Trinajstić information content (AvgIpc) is 2.83. The van der Waals surface area contributed by atoms with E-state index in [9.17, 15) is 4.79 Å². The molecule has 0 unspecified atom stereocenters. The molecule has 1 aromatic carbocycles. The van der Waals surface area contributed by atoms with E-state index in [1.165, 1.54) is 4.68 Å². The number of ether oxygens (including phenoxy) is 2. The van der Waals surface area contributed by atoms with Gasteiger partial charge < -0.3 is 9.47 Å². The summed E-state index contributed by atoms with van der Waals surface area (Å²) in [5.41, 5.74) is 2.45. The lowest BCUT2D eigenvalue weighted by Gasteiger charge is -2.10. The van der Waals surface area contributed by atoms with Crippen LogP contribution in [0.4, 0.5) is 0 Å². The first-order valence-corrected chi connectivity index (χ1v) is 9.33. The van der Waals surface area contributed by atoms with E-state index >= 15 is 0 Å². The van der Waals surface area contributed by atoms with Gasteiger partial charge in [-0.15, -0.1) is 11.3 Å². The monoisotopic (exact) mass is 369 g/mol. The van der Waals surface area contributed by atoms with E-state index < -0.39 is 0 Å². The molecule has 0 aliphatic carbocycles. The molecule has 3 heterocycles. The van der Waals surface area contributed by atoms with Crippen molar-refractivity contribution in [3.05, 3.63) is 56.3 Å². The molecule has 0 amide bonds. The highest BCUT2D eigenvalue weighted by atomic mass is 32.1. The molecule has 0 radical (unpaired) electrons. The smallest absolute Gasteiger partial charge is 0.267 e. The van der Waals surface area contributed by atoms with Crippen molar-refractivity contribution in [3.8, 4) is 22.8 Å². The fourth-order valence-corrected chi connectivity index (χ4v) is 3.69. The topological polar surface area (TPSA) is 66.2 Å². The zero-order valence-corrected chi connectivity index (χ0v) is 15.5. The van der Waals surface area contributed by atoms with E-state index in [0.29, 0.717) is 31.2 Å². The molecule has 7 heteroatoms. The average molecular weight is 369 g/mol. The summed E-state index contributed by atoms with van der Waals surface area (Å²) in [4.78, 5) is 17.9. The zero-order valence-electron chi connectivity index (χ0n) is 14.7. The molecule has 0 spiro atoms. The van der Waals surface area contributed by atoms with Crippen molar-refractivity contribution in [1.29, 1.82) is 0 Å². The number of hydrogen-bond acceptors (Lipinski definition) is 6. The molecule has 0 saturated heterocycles. The van der Waals surface area contributed by atoms with Crippen molar-refractivity contribution in [3.63, 3.8) is 0 Å². The Morgan fingerprint density at radius 1 is 1.12 bits per heavy atom. The maximum atomic E-state index is 12.2. The summed E-state index contributed by atoms with van der Waals surface area (Å²) < 4.78 is 12.9. The summed E-state index contributed by atoms with van der Waals surface area (Å²) in [6.45, 7) is 5.66. The molecule has 26 heavy (non-hydrogen) atoms. The molecule has 0 atom stereocenters. The van der Waals surface area contributed by atoms with Crippen LogP contribution >= 0.6 is 11.3 Å². The van der Waals surface area contributed by atoms with Gasteiger partial charge in [0.2, 0.25) is 0 Å². The predicted molar refractivity (Wildman–Crippen MR) is 100 cm³/mol. The molecule has 1 aliphatic heterocycles. The standard InChI is InChI=1S/C19H19N3O3S/c1-12-13(2)26-18(20-12)11-22-19(23)7-5-15(21-22)14-4-6-16-17(10-14)25-9-3-8-24-16/h4-7,10H,3,8-9,11H2,1-2H3. The number of fused-ring (bicyclic) bond motifs is 1. The zero-order chi connectivity index (χ0) is 18.1. The van der Waals surface area contributed by atoms with Gasteiger partial charge in [-0.25, -0.2) is 9.67 Å². The summed E-state index contributed by atoms with van der Waals surface area (Å²) in [5.74, 6) is 1.46. The molecule has 4 rings (SSSR count). The number of thiazole rings is 1. The minimum Gasteiger partial charge on any atom is -0.490 e. The van der Waals surface area contributed by atoms with Crippen LogP contribution in [-0.2, 0) is 6.54 Å². The third kappa shape index (κ3) is 3.35. The van der Waals surface area contributed by atoms with Gasteiger partial charge in [-0.2, -0.15) is 5.10 Å². The number of hydrogen-bond donors (Lipinski definition) is 0. The highest BCUT2D eigenvalue weighted by molar-refractivity contribution is 7.11. The highest BCUT2D eigenvalue weighted by Crippen LogP contribution is 2.33. The van der Waals surface area contributed by atoms with Crippen LogP contribution in [0.1, 0.15) is 22.0 Å². The van der Waals surface area contributed by atoms with Gasteiger partial charge in [0.1, 0.15) is 5.01 Å². The second kappa shape index (κ2) is 6.92. The third-order valence-corrected chi connectivity index (χ3v) is 5.33. The molecule has 0 bridgehead atoms. The van der Waals surface area contributed by atoms with Crippen LogP contribution in [-0.4, -0.2) is 28.0 Å². The number of rotatable bonds is 3. The molecule has 0 saturated carbocycles. The maximum absolute atomic E-state index is 12.2. The Bertz CT molecular complexity index is 990. The Morgan fingerprint density at radius 2 is 1.92 bits per heavy atom. The Hall–Kier alpha value is -2.67. The van der Waals surface area contributed by atoms with Crippen LogP contribution in [0.3, 0.4) is 0 Å². The lowest BCUT2D eigenvalue weighted by molar-refractivity contribution is 0.297. The van der Waals surface area contributed by atoms with Gasteiger partial charge in [-0.05, 0) is 38.1 Å². The van der Waals surface area contributed by atoms with Crippen LogP contribution in [0.15, 0.2) is 35.1 Å². The largest absolute Gasteiger partial charge is 0.490 e. The summed E-state index contributed by atoms with van der Waals surface area (Å²) in [6, 6.07) is 9.01. The number of benzene rings is 1.